The Morgan fingerprint density at radius 3 is 2.70 bits per heavy atom. The molecule has 2 aromatic rings. The van der Waals surface area contributed by atoms with Crippen LogP contribution >= 0.6 is 0 Å². The highest BCUT2D eigenvalue weighted by Gasteiger charge is 2.07. The first-order valence-corrected chi connectivity index (χ1v) is 6.54. The summed E-state index contributed by atoms with van der Waals surface area (Å²) < 4.78 is 0. The van der Waals surface area contributed by atoms with Gasteiger partial charge in [0.2, 0.25) is 0 Å². The third-order valence-electron chi connectivity index (χ3n) is 2.94. The number of benzene rings is 1. The van der Waals surface area contributed by atoms with Gasteiger partial charge in [-0.15, -0.1) is 10.2 Å². The van der Waals surface area contributed by atoms with Crippen LogP contribution in [0.1, 0.15) is 21.6 Å². The molecule has 0 aliphatic heterocycles. The predicted molar refractivity (Wildman–Crippen MR) is 78.8 cm³/mol. The second kappa shape index (κ2) is 6.65. The Balaban J connectivity index is 1.85. The predicted octanol–water partition coefficient (Wildman–Crippen LogP) is 1.80. The number of aromatic nitrogens is 2. The van der Waals surface area contributed by atoms with Crippen molar-refractivity contribution in [1.29, 1.82) is 0 Å². The van der Waals surface area contributed by atoms with Gasteiger partial charge in [-0.3, -0.25) is 4.79 Å². The van der Waals surface area contributed by atoms with Crippen LogP contribution in [0.25, 0.3) is 0 Å². The molecule has 0 bridgehead atoms. The van der Waals surface area contributed by atoms with Crippen LogP contribution < -0.4 is 10.6 Å². The number of hydrogen-bond acceptors (Lipinski definition) is 4. The molecule has 1 heterocycles. The minimum atomic E-state index is -0.201. The van der Waals surface area contributed by atoms with E-state index in [0.29, 0.717) is 18.1 Å². The Hall–Kier alpha value is -2.43. The first-order chi connectivity index (χ1) is 9.69. The second-order valence-electron chi connectivity index (χ2n) is 4.55. The number of anilines is 1. The average molecular weight is 270 g/mol. The van der Waals surface area contributed by atoms with Gasteiger partial charge >= 0.3 is 0 Å². The quantitative estimate of drug-likeness (QED) is 0.869. The van der Waals surface area contributed by atoms with Gasteiger partial charge in [-0.25, -0.2) is 0 Å². The van der Waals surface area contributed by atoms with Crippen LogP contribution in [0.2, 0.25) is 0 Å². The van der Waals surface area contributed by atoms with Crippen molar-refractivity contribution >= 4 is 11.7 Å². The van der Waals surface area contributed by atoms with E-state index in [2.05, 4.69) is 46.0 Å². The van der Waals surface area contributed by atoms with E-state index in [9.17, 15) is 4.79 Å². The largest absolute Gasteiger partial charge is 0.372 e. The van der Waals surface area contributed by atoms with Crippen molar-refractivity contribution in [3.05, 3.63) is 53.2 Å². The van der Waals surface area contributed by atoms with Gasteiger partial charge in [0.15, 0.2) is 5.69 Å². The van der Waals surface area contributed by atoms with Crippen LogP contribution in [0.5, 0.6) is 0 Å². The fourth-order valence-corrected chi connectivity index (χ4v) is 1.87. The summed E-state index contributed by atoms with van der Waals surface area (Å²) in [6.45, 7) is 2.64. The molecule has 0 aliphatic rings. The van der Waals surface area contributed by atoms with Gasteiger partial charge < -0.3 is 10.6 Å². The maximum Gasteiger partial charge on any atom is 0.271 e. The molecule has 104 valence electrons. The fourth-order valence-electron chi connectivity index (χ4n) is 1.87. The topological polar surface area (TPSA) is 66.9 Å². The van der Waals surface area contributed by atoms with Crippen molar-refractivity contribution in [1.82, 2.24) is 15.5 Å². The van der Waals surface area contributed by atoms with Gasteiger partial charge in [0.05, 0.1) is 0 Å². The minimum Gasteiger partial charge on any atom is -0.372 e. The Kier molecular flexibility index (Phi) is 4.65. The van der Waals surface area contributed by atoms with Crippen molar-refractivity contribution in [2.75, 3.05) is 18.9 Å². The lowest BCUT2D eigenvalue weighted by atomic mass is 10.1. The van der Waals surface area contributed by atoms with E-state index in [-0.39, 0.29) is 5.91 Å². The van der Waals surface area contributed by atoms with E-state index in [1.165, 1.54) is 11.1 Å². The third-order valence-corrected chi connectivity index (χ3v) is 2.94. The van der Waals surface area contributed by atoms with Gasteiger partial charge in [-0.1, -0.05) is 29.8 Å². The van der Waals surface area contributed by atoms with Crippen LogP contribution in [0.15, 0.2) is 36.4 Å². The summed E-state index contributed by atoms with van der Waals surface area (Å²) in [4.78, 5) is 11.9. The van der Waals surface area contributed by atoms with Gasteiger partial charge in [-0.05, 0) is 31.0 Å². The minimum absolute atomic E-state index is 0.201. The molecule has 0 spiro atoms. The molecule has 5 nitrogen and oxygen atoms in total. The lowest BCUT2D eigenvalue weighted by Crippen LogP contribution is -2.26. The molecular weight excluding hydrogens is 252 g/mol. The van der Waals surface area contributed by atoms with E-state index in [0.717, 1.165) is 6.42 Å². The molecule has 0 radical (unpaired) electrons. The van der Waals surface area contributed by atoms with Crippen molar-refractivity contribution in [3.63, 3.8) is 0 Å². The molecule has 5 heteroatoms. The van der Waals surface area contributed by atoms with Crippen LogP contribution in [0.3, 0.4) is 0 Å². The Bertz CT molecular complexity index is 581. The lowest BCUT2D eigenvalue weighted by molar-refractivity contribution is 0.0948. The smallest absolute Gasteiger partial charge is 0.271 e. The van der Waals surface area contributed by atoms with Crippen molar-refractivity contribution < 1.29 is 4.79 Å². The summed E-state index contributed by atoms with van der Waals surface area (Å²) in [5.41, 5.74) is 2.76. The molecule has 0 atom stereocenters. The van der Waals surface area contributed by atoms with Crippen molar-refractivity contribution in [2.45, 2.75) is 13.3 Å². The molecule has 0 fully saturated rings. The average Bonchev–Trinajstić information content (AvgIpc) is 2.47. The Morgan fingerprint density at radius 2 is 2.05 bits per heavy atom. The molecule has 0 saturated carbocycles. The Morgan fingerprint density at radius 1 is 1.20 bits per heavy atom. The standard InChI is InChI=1S/C15H18N4O/c1-11-4-3-5-12(10-11)8-9-17-15(20)13-6-7-14(16-2)19-18-13/h3-7,10H,8-9H2,1-2H3,(H,16,19)(H,17,20). The van der Waals surface area contributed by atoms with Crippen LogP contribution in [0, 0.1) is 6.92 Å². The molecule has 1 amide bonds. The number of aryl methyl sites for hydroxylation is 1. The number of nitrogens with one attached hydrogen (secondary N) is 2. The Labute approximate surface area is 118 Å². The van der Waals surface area contributed by atoms with E-state index >= 15 is 0 Å². The number of nitrogens with zero attached hydrogens (tertiary/aromatic N) is 2. The van der Waals surface area contributed by atoms with Gasteiger partial charge in [0.1, 0.15) is 5.82 Å². The van der Waals surface area contributed by atoms with Gasteiger partial charge in [0.25, 0.3) is 5.91 Å². The molecule has 2 rings (SSSR count). The van der Waals surface area contributed by atoms with E-state index in [1.807, 2.05) is 6.07 Å². The maximum absolute atomic E-state index is 11.9. The number of carbonyl (C=O) groups is 1. The molecule has 0 aliphatic carbocycles. The monoisotopic (exact) mass is 270 g/mol. The van der Waals surface area contributed by atoms with Crippen LogP contribution in [0.4, 0.5) is 5.82 Å². The van der Waals surface area contributed by atoms with E-state index < -0.39 is 0 Å². The molecule has 1 aromatic heterocycles. The zero-order chi connectivity index (χ0) is 14.4. The number of carbonyl (C=O) groups excluding carboxylic acids is 1. The number of amides is 1. The summed E-state index contributed by atoms with van der Waals surface area (Å²) in [6.07, 6.45) is 0.801. The summed E-state index contributed by atoms with van der Waals surface area (Å²) >= 11 is 0. The zero-order valence-electron chi connectivity index (χ0n) is 11.7. The van der Waals surface area contributed by atoms with E-state index in [4.69, 9.17) is 0 Å². The third kappa shape index (κ3) is 3.78. The highest BCUT2D eigenvalue weighted by Crippen LogP contribution is 2.04. The molecule has 0 unspecified atom stereocenters. The molecule has 1 aromatic carbocycles. The van der Waals surface area contributed by atoms with Gasteiger partial charge in [-0.2, -0.15) is 0 Å². The number of hydrogen-bond donors (Lipinski definition) is 2. The fraction of sp³-hybridized carbons (Fsp3) is 0.267. The van der Waals surface area contributed by atoms with Crippen molar-refractivity contribution in [3.8, 4) is 0 Å². The number of rotatable bonds is 5. The first-order valence-electron chi connectivity index (χ1n) is 6.54. The summed E-state index contributed by atoms with van der Waals surface area (Å²) in [5, 5.41) is 13.4. The summed E-state index contributed by atoms with van der Waals surface area (Å²) in [7, 11) is 1.76. The van der Waals surface area contributed by atoms with Gasteiger partial charge in [0, 0.05) is 13.6 Å². The highest BCUT2D eigenvalue weighted by atomic mass is 16.1. The highest BCUT2D eigenvalue weighted by molar-refractivity contribution is 5.92. The lowest BCUT2D eigenvalue weighted by Gasteiger charge is -2.05. The molecule has 0 saturated heterocycles. The van der Waals surface area contributed by atoms with E-state index in [1.54, 1.807) is 19.2 Å². The second-order valence-corrected chi connectivity index (χ2v) is 4.55. The summed E-state index contributed by atoms with van der Waals surface area (Å²) in [6, 6.07) is 11.6. The molecule has 2 N–H and O–H groups in total. The first kappa shape index (κ1) is 14.0. The zero-order valence-corrected chi connectivity index (χ0v) is 11.7. The van der Waals surface area contributed by atoms with Crippen molar-refractivity contribution in [2.24, 2.45) is 0 Å². The van der Waals surface area contributed by atoms with Crippen LogP contribution in [-0.2, 0) is 6.42 Å². The molecule has 20 heavy (non-hydrogen) atoms. The normalized spacial score (nSPS) is 10.1. The summed E-state index contributed by atoms with van der Waals surface area (Å²) in [5.74, 6) is 0.439. The van der Waals surface area contributed by atoms with Crippen LogP contribution in [-0.4, -0.2) is 29.7 Å². The molecular formula is C15H18N4O. The SMILES string of the molecule is CNc1ccc(C(=O)NCCc2cccc(C)c2)nn1. The maximum atomic E-state index is 11.9.